The van der Waals surface area contributed by atoms with E-state index in [9.17, 15) is 0 Å². The molecule has 0 bridgehead atoms. The molecule has 0 heterocycles. The Kier molecular flexibility index (Phi) is 8.83. The summed E-state index contributed by atoms with van der Waals surface area (Å²) in [5.74, 6) is 0. The van der Waals surface area contributed by atoms with Crippen molar-refractivity contribution < 1.29 is 0 Å². The van der Waals surface area contributed by atoms with Gasteiger partial charge in [-0.05, 0) is 27.7 Å². The summed E-state index contributed by atoms with van der Waals surface area (Å²) in [7, 11) is -0.420. The van der Waals surface area contributed by atoms with Crippen LogP contribution in [0.2, 0.25) is 0 Å². The minimum absolute atomic E-state index is 0. The minimum Gasteiger partial charge on any atom is -0.153 e. The van der Waals surface area contributed by atoms with Gasteiger partial charge in [-0.3, -0.25) is 0 Å². The largest absolute Gasteiger partial charge is 0.153 e. The van der Waals surface area contributed by atoms with Crippen molar-refractivity contribution in [1.29, 1.82) is 0 Å². The van der Waals surface area contributed by atoms with Crippen LogP contribution in [-0.4, -0.2) is 24.6 Å². The van der Waals surface area contributed by atoms with E-state index in [0.29, 0.717) is 0 Å². The van der Waals surface area contributed by atoms with Gasteiger partial charge in [0.2, 0.25) is 0 Å². The highest BCUT2D eigenvalue weighted by atomic mass is 31.2. The zero-order chi connectivity index (χ0) is 7.33. The van der Waals surface area contributed by atoms with Gasteiger partial charge in [-0.25, -0.2) is 0 Å². The smallest absolute Gasteiger partial charge is 0.0565 e. The van der Waals surface area contributed by atoms with Crippen molar-refractivity contribution in [3.8, 4) is 0 Å². The van der Waals surface area contributed by atoms with Crippen LogP contribution in [0.5, 0.6) is 0 Å². The zero-order valence-corrected chi connectivity index (χ0v) is 10.3. The molecule has 0 spiro atoms. The van der Waals surface area contributed by atoms with Crippen LogP contribution < -0.4 is 0 Å². The second-order valence-electron chi connectivity index (χ2n) is 2.61. The topological polar surface area (TPSA) is 0 Å². The quantitative estimate of drug-likeness (QED) is 0.584. The maximum Gasteiger partial charge on any atom is 0.0565 e. The average molecular weight is 181 g/mol. The third-order valence-corrected chi connectivity index (χ3v) is 8.05. The number of hydrogen-bond acceptors (Lipinski definition) is 0. The van der Waals surface area contributed by atoms with Gasteiger partial charge in [0, 0.05) is 7.26 Å². The van der Waals surface area contributed by atoms with E-state index in [2.05, 4.69) is 27.7 Å². The predicted molar refractivity (Wildman–Crippen MR) is 60.2 cm³/mol. The second kappa shape index (κ2) is 6.56. The minimum atomic E-state index is -0.420. The molecule has 1 unspecified atom stereocenters. The van der Waals surface area contributed by atoms with Crippen LogP contribution >= 0.6 is 17.2 Å². The molecule has 0 fully saturated rings. The van der Waals surface area contributed by atoms with Crippen molar-refractivity contribution in [2.24, 2.45) is 0 Å². The fourth-order valence-electron chi connectivity index (χ4n) is 1.34. The molecule has 0 aliphatic carbocycles. The first kappa shape index (κ1) is 13.4. The highest BCUT2D eigenvalue weighted by molar-refractivity contribution is 7.75. The fraction of sp³-hybridized carbons (Fsp3) is 1.00. The van der Waals surface area contributed by atoms with E-state index in [0.717, 1.165) is 0 Å². The monoisotopic (exact) mass is 181 g/mol. The van der Waals surface area contributed by atoms with Gasteiger partial charge in [-0.2, -0.15) is 9.90 Å². The Balaban J connectivity index is 0. The third-order valence-electron chi connectivity index (χ3n) is 2.68. The van der Waals surface area contributed by atoms with Crippen LogP contribution in [0.3, 0.4) is 0 Å². The maximum atomic E-state index is 2.35. The van der Waals surface area contributed by atoms with Crippen LogP contribution in [0.15, 0.2) is 0 Å². The lowest BCUT2D eigenvalue weighted by Crippen LogP contribution is -2.04. The van der Waals surface area contributed by atoms with E-state index in [1.54, 1.807) is 0 Å². The Hall–Kier alpha value is 0.860. The Morgan fingerprint density at radius 3 is 0.900 bits per heavy atom. The summed E-state index contributed by atoms with van der Waals surface area (Å²) in [6.07, 6.45) is 5.82. The molecular weight excluding hydrogens is 158 g/mol. The van der Waals surface area contributed by atoms with Gasteiger partial charge in [0.15, 0.2) is 0 Å². The van der Waals surface area contributed by atoms with Crippen molar-refractivity contribution in [2.75, 3.05) is 24.6 Å². The van der Waals surface area contributed by atoms with Crippen LogP contribution in [0.25, 0.3) is 0 Å². The lowest BCUT2D eigenvalue weighted by molar-refractivity contribution is 1.25. The van der Waals surface area contributed by atoms with Crippen molar-refractivity contribution >= 4 is 17.2 Å². The van der Waals surface area contributed by atoms with E-state index in [1.807, 2.05) is 0 Å². The molecule has 0 saturated heterocycles. The third kappa shape index (κ3) is 3.31. The van der Waals surface area contributed by atoms with Gasteiger partial charge in [0.05, 0.1) is 24.6 Å². The summed E-state index contributed by atoms with van der Waals surface area (Å²) in [4.78, 5) is 0. The highest BCUT2D eigenvalue weighted by Gasteiger charge is 2.27. The number of hydrogen-bond donors (Lipinski definition) is 0. The van der Waals surface area contributed by atoms with Gasteiger partial charge in [-0.1, -0.05) is 0 Å². The first-order valence-electron chi connectivity index (χ1n) is 4.09. The van der Waals surface area contributed by atoms with E-state index in [4.69, 9.17) is 0 Å². The summed E-state index contributed by atoms with van der Waals surface area (Å²) in [5, 5.41) is 0. The molecule has 1 atom stereocenters. The van der Waals surface area contributed by atoms with Crippen molar-refractivity contribution in [1.82, 2.24) is 0 Å². The normalized spacial score (nSPS) is 10.8. The Labute approximate surface area is 70.1 Å². The summed E-state index contributed by atoms with van der Waals surface area (Å²) in [5.41, 5.74) is 0. The molecule has 0 aliphatic heterocycles. The van der Waals surface area contributed by atoms with Crippen LogP contribution in [0, 0.1) is 0 Å². The van der Waals surface area contributed by atoms with E-state index >= 15 is 0 Å². The van der Waals surface area contributed by atoms with E-state index < -0.39 is 7.26 Å². The predicted octanol–water partition coefficient (Wildman–Crippen LogP) is 3.14. The molecule has 0 N–H and O–H groups in total. The summed E-state index contributed by atoms with van der Waals surface area (Å²) in [6.45, 7) is 9.41. The van der Waals surface area contributed by atoms with Gasteiger partial charge in [0.1, 0.15) is 0 Å². The molecule has 10 heavy (non-hydrogen) atoms. The molecule has 0 aromatic heterocycles. The molecule has 0 amide bonds. The fourth-order valence-corrected chi connectivity index (χ4v) is 4.02. The first-order chi connectivity index (χ1) is 4.24. The SMILES string of the molecule is CC[P+](CC)(CC)CC.P. The maximum absolute atomic E-state index is 2.35. The van der Waals surface area contributed by atoms with Crippen molar-refractivity contribution in [3.05, 3.63) is 0 Å². The van der Waals surface area contributed by atoms with Crippen LogP contribution in [0.1, 0.15) is 27.7 Å². The Morgan fingerprint density at radius 1 is 0.700 bits per heavy atom. The first-order valence-corrected chi connectivity index (χ1v) is 6.62. The molecule has 0 aromatic rings. The zero-order valence-electron chi connectivity index (χ0n) is 7.98. The molecule has 0 aromatic carbocycles. The molecule has 0 rings (SSSR count). The molecular formula is C8H23P2+. The van der Waals surface area contributed by atoms with Gasteiger partial charge >= 0.3 is 0 Å². The van der Waals surface area contributed by atoms with E-state index in [1.165, 1.54) is 24.6 Å². The molecule has 64 valence electrons. The molecule has 0 radical (unpaired) electrons. The molecule has 0 saturated carbocycles. The molecule has 2 heteroatoms. The lowest BCUT2D eigenvalue weighted by Gasteiger charge is -2.20. The van der Waals surface area contributed by atoms with Gasteiger partial charge in [0.25, 0.3) is 0 Å². The Morgan fingerprint density at radius 2 is 0.900 bits per heavy atom. The number of rotatable bonds is 4. The van der Waals surface area contributed by atoms with Gasteiger partial charge in [-0.15, -0.1) is 0 Å². The summed E-state index contributed by atoms with van der Waals surface area (Å²) < 4.78 is 0. The van der Waals surface area contributed by atoms with Gasteiger partial charge < -0.3 is 0 Å². The lowest BCUT2D eigenvalue weighted by atomic mass is 10.9. The Bertz CT molecular complexity index is 50.1. The van der Waals surface area contributed by atoms with Crippen LogP contribution in [-0.2, 0) is 0 Å². The standard InChI is InChI=1S/C8H20P.H3P/c1-5-9(6-2,7-3)8-4;/h5-8H2,1-4H3;1H3/q+1;. The summed E-state index contributed by atoms with van der Waals surface area (Å²) in [6, 6.07) is 0. The molecule has 0 nitrogen and oxygen atoms in total. The molecule has 0 aliphatic rings. The second-order valence-corrected chi connectivity index (χ2v) is 7.82. The summed E-state index contributed by atoms with van der Waals surface area (Å²) >= 11 is 0. The highest BCUT2D eigenvalue weighted by Crippen LogP contribution is 2.57. The van der Waals surface area contributed by atoms with E-state index in [-0.39, 0.29) is 9.90 Å². The van der Waals surface area contributed by atoms with Crippen LogP contribution in [0.4, 0.5) is 0 Å². The van der Waals surface area contributed by atoms with Crippen molar-refractivity contribution in [2.45, 2.75) is 27.7 Å². The average Bonchev–Trinajstić information content (AvgIpc) is 1.95. The van der Waals surface area contributed by atoms with Crippen molar-refractivity contribution in [3.63, 3.8) is 0 Å².